The molecule has 2 heterocycles. The van der Waals surface area contributed by atoms with Crippen LogP contribution in [0.25, 0.3) is 0 Å². The van der Waals surface area contributed by atoms with Gasteiger partial charge in [0.1, 0.15) is 11.5 Å². The van der Waals surface area contributed by atoms with Crippen molar-refractivity contribution in [3.8, 4) is 0 Å². The number of aromatic nitrogens is 3. The Morgan fingerprint density at radius 3 is 2.10 bits per heavy atom. The van der Waals surface area contributed by atoms with Crippen LogP contribution >= 0.6 is 0 Å². The van der Waals surface area contributed by atoms with Crippen molar-refractivity contribution in [2.45, 2.75) is 13.1 Å². The Morgan fingerprint density at radius 2 is 1.50 bits per heavy atom. The highest BCUT2D eigenvalue weighted by molar-refractivity contribution is 7.91. The second-order valence-corrected chi connectivity index (χ2v) is 9.05. The second-order valence-electron chi connectivity index (χ2n) is 7.35. The van der Waals surface area contributed by atoms with Crippen LogP contribution in [-0.2, 0) is 43.2 Å². The summed E-state index contributed by atoms with van der Waals surface area (Å²) in [5.41, 5.74) is 0.939. The number of nitrogens with zero attached hydrogens (tertiary/aromatic N) is 5. The van der Waals surface area contributed by atoms with Gasteiger partial charge in [-0.05, 0) is 14.1 Å². The molecule has 0 saturated carbocycles. The van der Waals surface area contributed by atoms with E-state index < -0.39 is 11.2 Å². The van der Waals surface area contributed by atoms with Gasteiger partial charge in [-0.1, -0.05) is 16.4 Å². The first-order valence-corrected chi connectivity index (χ1v) is 12.0. The van der Waals surface area contributed by atoms with Crippen LogP contribution in [0.5, 0.6) is 0 Å². The largest absolute Gasteiger partial charge is 0.616 e. The molecule has 0 spiro atoms. The van der Waals surface area contributed by atoms with Crippen LogP contribution < -0.4 is 0 Å². The van der Waals surface area contributed by atoms with Crippen molar-refractivity contribution in [1.29, 1.82) is 0 Å². The van der Waals surface area contributed by atoms with Crippen molar-refractivity contribution in [1.82, 2.24) is 24.8 Å². The Hall–Kier alpha value is -0.790. The van der Waals surface area contributed by atoms with E-state index in [1.165, 1.54) is 0 Å². The first kappa shape index (κ1) is 25.5. The molecular formula is C19H37N5O5S. The zero-order chi connectivity index (χ0) is 21.4. The van der Waals surface area contributed by atoms with E-state index in [1.54, 1.807) is 4.68 Å². The summed E-state index contributed by atoms with van der Waals surface area (Å²) in [5.74, 6) is 1.50. The number of hydrogen-bond acceptors (Lipinski definition) is 9. The molecular weight excluding hydrogens is 410 g/mol. The lowest BCUT2D eigenvalue weighted by Crippen LogP contribution is -2.39. The minimum absolute atomic E-state index is 0.542. The molecule has 30 heavy (non-hydrogen) atoms. The highest BCUT2D eigenvalue weighted by atomic mass is 32.2. The molecule has 0 unspecified atom stereocenters. The fraction of sp³-hybridized carbons (Fsp3) is 0.895. The van der Waals surface area contributed by atoms with E-state index in [9.17, 15) is 4.55 Å². The van der Waals surface area contributed by atoms with Gasteiger partial charge in [-0.3, -0.25) is 4.90 Å². The van der Waals surface area contributed by atoms with Gasteiger partial charge in [0.25, 0.3) is 0 Å². The number of rotatable bonds is 17. The third-order valence-electron chi connectivity index (χ3n) is 4.51. The van der Waals surface area contributed by atoms with Crippen molar-refractivity contribution in [2.75, 3.05) is 98.1 Å². The van der Waals surface area contributed by atoms with Gasteiger partial charge in [-0.25, -0.2) is 4.68 Å². The lowest BCUT2D eigenvalue weighted by Gasteiger charge is -2.26. The Morgan fingerprint density at radius 1 is 0.933 bits per heavy atom. The van der Waals surface area contributed by atoms with Gasteiger partial charge in [0.05, 0.1) is 65.1 Å². The molecule has 0 bridgehead atoms. The minimum atomic E-state index is -0.650. The maximum absolute atomic E-state index is 11.4. The van der Waals surface area contributed by atoms with Gasteiger partial charge in [0, 0.05) is 32.4 Å². The lowest BCUT2D eigenvalue weighted by molar-refractivity contribution is -0.00384. The van der Waals surface area contributed by atoms with E-state index in [1.807, 2.05) is 20.3 Å². The quantitative estimate of drug-likeness (QED) is 0.231. The predicted octanol–water partition coefficient (Wildman–Crippen LogP) is -0.530. The van der Waals surface area contributed by atoms with E-state index >= 15 is 0 Å². The number of hydrogen-bond donors (Lipinski definition) is 0. The Labute approximate surface area is 182 Å². The molecule has 1 aliphatic heterocycles. The second kappa shape index (κ2) is 15.9. The average Bonchev–Trinajstić information content (AvgIpc) is 3.17. The molecule has 0 amide bonds. The van der Waals surface area contributed by atoms with E-state index in [0.29, 0.717) is 52.8 Å². The standard InChI is InChI=1S/C19H37N5O5S/c1-22(2)3-7-26-9-11-28-13-14-29-12-10-27-8-4-24-18-19(20-21-24)17-23-5-15-30(25)16-6-23/h18H,3-17H2,1-2H3. The van der Waals surface area contributed by atoms with Crippen molar-refractivity contribution in [3.63, 3.8) is 0 Å². The van der Waals surface area contributed by atoms with E-state index in [2.05, 4.69) is 20.1 Å². The summed E-state index contributed by atoms with van der Waals surface area (Å²) < 4.78 is 35.2. The van der Waals surface area contributed by atoms with Gasteiger partial charge in [-0.15, -0.1) is 5.10 Å². The summed E-state index contributed by atoms with van der Waals surface area (Å²) in [7, 11) is 4.05. The molecule has 1 fully saturated rings. The molecule has 0 atom stereocenters. The van der Waals surface area contributed by atoms with Crippen LogP contribution in [-0.4, -0.2) is 127 Å². The molecule has 1 saturated heterocycles. The summed E-state index contributed by atoms with van der Waals surface area (Å²) in [6, 6.07) is 0. The molecule has 2 rings (SSSR count). The molecule has 0 aromatic carbocycles. The molecule has 1 aromatic heterocycles. The number of ether oxygens (including phenoxy) is 4. The maximum Gasteiger partial charge on any atom is 0.118 e. The normalized spacial score (nSPS) is 16.0. The third kappa shape index (κ3) is 12.2. The Bertz CT molecular complexity index is 543. The van der Waals surface area contributed by atoms with Crippen molar-refractivity contribution < 1.29 is 23.5 Å². The summed E-state index contributed by atoms with van der Waals surface area (Å²) in [6.45, 7) is 8.75. The first-order valence-electron chi connectivity index (χ1n) is 10.6. The van der Waals surface area contributed by atoms with Crippen molar-refractivity contribution in [3.05, 3.63) is 11.9 Å². The fourth-order valence-corrected chi connectivity index (χ4v) is 3.88. The fourth-order valence-electron chi connectivity index (χ4n) is 2.75. The van der Waals surface area contributed by atoms with Crippen molar-refractivity contribution >= 4 is 11.2 Å². The average molecular weight is 448 g/mol. The molecule has 174 valence electrons. The smallest absolute Gasteiger partial charge is 0.118 e. The summed E-state index contributed by atoms with van der Waals surface area (Å²) in [5, 5.41) is 8.35. The molecule has 0 aliphatic carbocycles. The van der Waals surface area contributed by atoms with Crippen LogP contribution in [0.2, 0.25) is 0 Å². The van der Waals surface area contributed by atoms with Gasteiger partial charge in [0.2, 0.25) is 0 Å². The van der Waals surface area contributed by atoms with Crippen molar-refractivity contribution in [2.24, 2.45) is 0 Å². The van der Waals surface area contributed by atoms with Gasteiger partial charge in [0.15, 0.2) is 0 Å². The van der Waals surface area contributed by atoms with Crippen LogP contribution in [0.1, 0.15) is 5.69 Å². The minimum Gasteiger partial charge on any atom is -0.616 e. The molecule has 10 nitrogen and oxygen atoms in total. The lowest BCUT2D eigenvalue weighted by atomic mass is 10.4. The molecule has 1 aliphatic rings. The van der Waals surface area contributed by atoms with E-state index in [4.69, 9.17) is 18.9 Å². The van der Waals surface area contributed by atoms with Gasteiger partial charge >= 0.3 is 0 Å². The molecule has 1 aromatic rings. The van der Waals surface area contributed by atoms with Crippen LogP contribution in [0.15, 0.2) is 6.20 Å². The summed E-state index contributed by atoms with van der Waals surface area (Å²) in [4.78, 5) is 4.35. The van der Waals surface area contributed by atoms with Crippen LogP contribution in [0, 0.1) is 0 Å². The van der Waals surface area contributed by atoms with Gasteiger partial charge in [-0.2, -0.15) is 0 Å². The Balaban J connectivity index is 1.36. The highest BCUT2D eigenvalue weighted by Gasteiger charge is 2.20. The highest BCUT2D eigenvalue weighted by Crippen LogP contribution is 2.07. The number of likely N-dealkylation sites (N-methyl/N-ethyl adjacent to an activating group) is 1. The van der Waals surface area contributed by atoms with Gasteiger partial charge < -0.3 is 28.4 Å². The molecule has 0 N–H and O–H groups in total. The van der Waals surface area contributed by atoms with E-state index in [-0.39, 0.29) is 0 Å². The van der Waals surface area contributed by atoms with E-state index in [0.717, 1.165) is 50.0 Å². The summed E-state index contributed by atoms with van der Waals surface area (Å²) in [6.07, 6.45) is 1.95. The van der Waals surface area contributed by atoms with Crippen LogP contribution in [0.4, 0.5) is 0 Å². The Kier molecular flexibility index (Phi) is 13.5. The van der Waals surface area contributed by atoms with Crippen LogP contribution in [0.3, 0.4) is 0 Å². The SMILES string of the molecule is CN(C)CCOCCOCCOCCOCCn1cc(CN2CC[S+]([O-])CC2)nn1. The molecule has 0 radical (unpaired) electrons. The third-order valence-corrected chi connectivity index (χ3v) is 5.78. The monoisotopic (exact) mass is 447 g/mol. The first-order chi connectivity index (χ1) is 14.6. The zero-order valence-electron chi connectivity index (χ0n) is 18.4. The topological polar surface area (TPSA) is 97.2 Å². The zero-order valence-corrected chi connectivity index (χ0v) is 19.2. The summed E-state index contributed by atoms with van der Waals surface area (Å²) >= 11 is -0.650. The molecule has 11 heteroatoms. The maximum atomic E-state index is 11.4. The predicted molar refractivity (Wildman–Crippen MR) is 115 cm³/mol.